The van der Waals surface area contributed by atoms with E-state index < -0.39 is 0 Å². The minimum absolute atomic E-state index is 0.577. The fourth-order valence-electron chi connectivity index (χ4n) is 1.60. The predicted molar refractivity (Wildman–Crippen MR) is 82.5 cm³/mol. The molecule has 0 radical (unpaired) electrons. The normalized spacial score (nSPS) is 10.2. The summed E-state index contributed by atoms with van der Waals surface area (Å²) in [6.07, 6.45) is 4.67. The molecule has 2 rings (SSSR count). The Bertz CT molecular complexity index is 527. The highest BCUT2D eigenvalue weighted by Crippen LogP contribution is 2.19. The molecule has 0 amide bonds. The molecule has 0 bridgehead atoms. The number of aromatic nitrogens is 2. The van der Waals surface area contributed by atoms with Crippen LogP contribution in [-0.2, 0) is 6.54 Å². The van der Waals surface area contributed by atoms with Gasteiger partial charge >= 0.3 is 0 Å². The Morgan fingerprint density at radius 1 is 1.32 bits per heavy atom. The van der Waals surface area contributed by atoms with Crippen LogP contribution < -0.4 is 10.6 Å². The summed E-state index contributed by atoms with van der Waals surface area (Å²) in [5, 5.41) is 11.6. The van der Waals surface area contributed by atoms with Crippen LogP contribution in [0, 0.1) is 0 Å². The quantitative estimate of drug-likeness (QED) is 0.657. The molecule has 0 aliphatic heterocycles. The van der Waals surface area contributed by atoms with Crippen LogP contribution >= 0.6 is 23.8 Å². The maximum Gasteiger partial charge on any atom is 0.170 e. The second-order valence-corrected chi connectivity index (χ2v) is 4.80. The van der Waals surface area contributed by atoms with Gasteiger partial charge in [-0.15, -0.1) is 0 Å². The summed E-state index contributed by atoms with van der Waals surface area (Å²) in [5.41, 5.74) is 0.814. The van der Waals surface area contributed by atoms with E-state index in [4.69, 9.17) is 23.8 Å². The standard InChI is InChI=1S/C13H15ClN4S/c14-11-5-1-2-6-12(11)17-13(19)15-7-3-9-18-10-4-8-16-18/h1-2,4-6,8,10H,3,7,9H2,(H2,15,17,19). The second kappa shape index (κ2) is 7.11. The lowest BCUT2D eigenvalue weighted by Gasteiger charge is -2.11. The summed E-state index contributed by atoms with van der Waals surface area (Å²) < 4.78 is 1.90. The van der Waals surface area contributed by atoms with Crippen molar-refractivity contribution in [2.45, 2.75) is 13.0 Å². The van der Waals surface area contributed by atoms with Crippen LogP contribution in [0.2, 0.25) is 5.02 Å². The smallest absolute Gasteiger partial charge is 0.170 e. The van der Waals surface area contributed by atoms with Gasteiger partial charge in [0.1, 0.15) is 0 Å². The van der Waals surface area contributed by atoms with Crippen molar-refractivity contribution in [3.63, 3.8) is 0 Å². The molecule has 0 unspecified atom stereocenters. The van der Waals surface area contributed by atoms with E-state index in [2.05, 4.69) is 15.7 Å². The van der Waals surface area contributed by atoms with E-state index in [1.54, 1.807) is 6.20 Å². The first-order valence-electron chi connectivity index (χ1n) is 6.02. The van der Waals surface area contributed by atoms with Gasteiger partial charge in [0.05, 0.1) is 10.7 Å². The number of thiocarbonyl (C=S) groups is 1. The predicted octanol–water partition coefficient (Wildman–Crippen LogP) is 2.91. The molecule has 2 aromatic rings. The summed E-state index contributed by atoms with van der Waals surface area (Å²) in [7, 11) is 0. The van der Waals surface area contributed by atoms with E-state index in [0.717, 1.165) is 25.2 Å². The SMILES string of the molecule is S=C(NCCCn1cccn1)Nc1ccccc1Cl. The molecule has 19 heavy (non-hydrogen) atoms. The number of aryl methyl sites for hydroxylation is 1. The van der Waals surface area contributed by atoms with Crippen molar-refractivity contribution < 1.29 is 0 Å². The van der Waals surface area contributed by atoms with Crippen molar-refractivity contribution in [1.29, 1.82) is 0 Å². The van der Waals surface area contributed by atoms with Crippen LogP contribution in [-0.4, -0.2) is 21.4 Å². The molecular formula is C13H15ClN4S. The highest BCUT2D eigenvalue weighted by Gasteiger charge is 2.00. The van der Waals surface area contributed by atoms with E-state index in [1.807, 2.05) is 41.2 Å². The Kier molecular flexibility index (Phi) is 5.18. The van der Waals surface area contributed by atoms with Gasteiger partial charge in [-0.3, -0.25) is 4.68 Å². The number of benzene rings is 1. The van der Waals surface area contributed by atoms with Gasteiger partial charge in [0.2, 0.25) is 0 Å². The largest absolute Gasteiger partial charge is 0.362 e. The Hall–Kier alpha value is -1.59. The average molecular weight is 295 g/mol. The Labute approximate surface area is 122 Å². The number of rotatable bonds is 5. The molecule has 4 nitrogen and oxygen atoms in total. The number of nitrogens with zero attached hydrogens (tertiary/aromatic N) is 2. The summed E-state index contributed by atoms with van der Waals surface area (Å²) in [5.74, 6) is 0. The Balaban J connectivity index is 1.69. The van der Waals surface area contributed by atoms with Crippen LogP contribution in [0.1, 0.15) is 6.42 Å². The molecule has 1 heterocycles. The Morgan fingerprint density at radius 2 is 2.16 bits per heavy atom. The number of hydrogen-bond donors (Lipinski definition) is 2. The molecule has 0 spiro atoms. The third kappa shape index (κ3) is 4.54. The third-order valence-corrected chi connectivity index (χ3v) is 3.11. The first kappa shape index (κ1) is 13.8. The number of para-hydroxylation sites is 1. The zero-order valence-electron chi connectivity index (χ0n) is 10.3. The molecule has 1 aromatic heterocycles. The molecule has 2 N–H and O–H groups in total. The number of anilines is 1. The van der Waals surface area contributed by atoms with Crippen LogP contribution in [0.15, 0.2) is 42.7 Å². The van der Waals surface area contributed by atoms with Crippen molar-refractivity contribution in [3.05, 3.63) is 47.7 Å². The Morgan fingerprint density at radius 3 is 2.89 bits per heavy atom. The molecule has 0 saturated heterocycles. The van der Waals surface area contributed by atoms with Crippen molar-refractivity contribution in [2.24, 2.45) is 0 Å². The number of hydrogen-bond acceptors (Lipinski definition) is 2. The lowest BCUT2D eigenvalue weighted by molar-refractivity contribution is 0.574. The minimum atomic E-state index is 0.577. The summed E-state index contributed by atoms with van der Waals surface area (Å²) >= 11 is 11.2. The van der Waals surface area contributed by atoms with Crippen LogP contribution in [0.5, 0.6) is 0 Å². The molecular weight excluding hydrogens is 280 g/mol. The number of halogens is 1. The van der Waals surface area contributed by atoms with Gasteiger partial charge in [-0.1, -0.05) is 23.7 Å². The zero-order chi connectivity index (χ0) is 13.5. The van der Waals surface area contributed by atoms with Gasteiger partial charge in [-0.2, -0.15) is 5.10 Å². The third-order valence-electron chi connectivity index (χ3n) is 2.53. The van der Waals surface area contributed by atoms with E-state index in [9.17, 15) is 0 Å². The van der Waals surface area contributed by atoms with Gasteiger partial charge < -0.3 is 10.6 Å². The lowest BCUT2D eigenvalue weighted by Crippen LogP contribution is -2.29. The summed E-state index contributed by atoms with van der Waals surface area (Å²) in [6.45, 7) is 1.66. The highest BCUT2D eigenvalue weighted by molar-refractivity contribution is 7.80. The molecule has 0 saturated carbocycles. The monoisotopic (exact) mass is 294 g/mol. The van der Waals surface area contributed by atoms with E-state index in [-0.39, 0.29) is 0 Å². The molecule has 1 aromatic carbocycles. The van der Waals surface area contributed by atoms with Crippen LogP contribution in [0.25, 0.3) is 0 Å². The summed E-state index contributed by atoms with van der Waals surface area (Å²) in [6, 6.07) is 9.42. The lowest BCUT2D eigenvalue weighted by atomic mass is 10.3. The number of nitrogens with one attached hydrogen (secondary N) is 2. The topological polar surface area (TPSA) is 41.9 Å². The van der Waals surface area contributed by atoms with Gasteiger partial charge in [0.15, 0.2) is 5.11 Å². The van der Waals surface area contributed by atoms with Crippen LogP contribution in [0.3, 0.4) is 0 Å². The molecule has 100 valence electrons. The van der Waals surface area contributed by atoms with Gasteiger partial charge in [0, 0.05) is 25.5 Å². The van der Waals surface area contributed by atoms with E-state index in [1.165, 1.54) is 0 Å². The van der Waals surface area contributed by atoms with Gasteiger partial charge in [0.25, 0.3) is 0 Å². The molecule has 0 fully saturated rings. The van der Waals surface area contributed by atoms with Crippen molar-refractivity contribution in [2.75, 3.05) is 11.9 Å². The summed E-state index contributed by atoms with van der Waals surface area (Å²) in [4.78, 5) is 0. The first-order chi connectivity index (χ1) is 9.25. The van der Waals surface area contributed by atoms with Gasteiger partial charge in [-0.25, -0.2) is 0 Å². The molecule has 0 aliphatic carbocycles. The fraction of sp³-hybridized carbons (Fsp3) is 0.231. The van der Waals surface area contributed by atoms with Gasteiger partial charge in [-0.05, 0) is 36.8 Å². The fourth-order valence-corrected chi connectivity index (χ4v) is 2.00. The van der Waals surface area contributed by atoms with E-state index in [0.29, 0.717) is 10.1 Å². The zero-order valence-corrected chi connectivity index (χ0v) is 11.9. The van der Waals surface area contributed by atoms with Crippen molar-refractivity contribution in [3.8, 4) is 0 Å². The average Bonchev–Trinajstić information content (AvgIpc) is 2.91. The van der Waals surface area contributed by atoms with Crippen LogP contribution in [0.4, 0.5) is 5.69 Å². The first-order valence-corrected chi connectivity index (χ1v) is 6.81. The second-order valence-electron chi connectivity index (χ2n) is 3.98. The highest BCUT2D eigenvalue weighted by atomic mass is 35.5. The van der Waals surface area contributed by atoms with Crippen molar-refractivity contribution >= 4 is 34.6 Å². The van der Waals surface area contributed by atoms with Crippen molar-refractivity contribution in [1.82, 2.24) is 15.1 Å². The molecule has 6 heteroatoms. The minimum Gasteiger partial charge on any atom is -0.362 e. The maximum absolute atomic E-state index is 6.04. The molecule has 0 atom stereocenters. The maximum atomic E-state index is 6.04. The van der Waals surface area contributed by atoms with E-state index >= 15 is 0 Å². The molecule has 0 aliphatic rings.